The van der Waals surface area contributed by atoms with Gasteiger partial charge in [-0.2, -0.15) is 0 Å². The smallest absolute Gasteiger partial charge is 0.186 e. The van der Waals surface area contributed by atoms with E-state index in [9.17, 15) is 40.9 Å². The van der Waals surface area contributed by atoms with E-state index in [1.165, 1.54) is 0 Å². The molecule has 2 rings (SSSR count). The quantitative estimate of drug-likeness (QED) is 0.221. The summed E-state index contributed by atoms with van der Waals surface area (Å²) >= 11 is 0. The molecular formula is C13H24O12. The zero-order valence-corrected chi connectivity index (χ0v) is 13.0. The summed E-state index contributed by atoms with van der Waals surface area (Å²) in [5.41, 5.74) is 0. The molecule has 0 bridgehead atoms. The summed E-state index contributed by atoms with van der Waals surface area (Å²) in [5.74, 6) is 0. The second kappa shape index (κ2) is 8.47. The third-order valence-electron chi connectivity index (χ3n) is 4.28. The molecule has 0 unspecified atom stereocenters. The number of hydrogen-bond acceptors (Lipinski definition) is 12. The van der Waals surface area contributed by atoms with Crippen LogP contribution in [0.3, 0.4) is 0 Å². The van der Waals surface area contributed by atoms with Gasteiger partial charge >= 0.3 is 0 Å². The van der Waals surface area contributed by atoms with Crippen LogP contribution in [0.25, 0.3) is 0 Å². The number of aliphatic hydroxyl groups is 9. The van der Waals surface area contributed by atoms with Gasteiger partial charge in [-0.3, -0.25) is 0 Å². The Morgan fingerprint density at radius 2 is 1.36 bits per heavy atom. The van der Waals surface area contributed by atoms with Crippen LogP contribution in [0.5, 0.6) is 0 Å². The lowest BCUT2D eigenvalue weighted by molar-refractivity contribution is -0.331. The normalized spacial score (nSPS) is 49.8. The van der Waals surface area contributed by atoms with Crippen LogP contribution in [0.4, 0.5) is 0 Å². The predicted octanol–water partition coefficient (Wildman–Crippen LogP) is -6.04. The first-order chi connectivity index (χ1) is 11.7. The number of rotatable bonds is 5. The van der Waals surface area contributed by atoms with Gasteiger partial charge in [-0.25, -0.2) is 0 Å². The summed E-state index contributed by atoms with van der Waals surface area (Å²) in [5, 5.41) is 86.2. The monoisotopic (exact) mass is 372 g/mol. The SMILES string of the molecule is OC[C@H](O)[C@H]1O[C@H](OC[C@H]2O[C@H](O)[C@H](O)[C@@H](O)[C@@H]2O)[C@@H](O)[C@@H](O)[C@@H]1O. The molecule has 11 atom stereocenters. The van der Waals surface area contributed by atoms with Crippen LogP contribution in [-0.2, 0) is 14.2 Å². The van der Waals surface area contributed by atoms with Gasteiger partial charge in [-0.15, -0.1) is 0 Å². The summed E-state index contributed by atoms with van der Waals surface area (Å²) < 4.78 is 15.2. The van der Waals surface area contributed by atoms with Crippen LogP contribution in [0, 0.1) is 0 Å². The van der Waals surface area contributed by atoms with Gasteiger partial charge in [0.15, 0.2) is 12.6 Å². The van der Waals surface area contributed by atoms with Crippen molar-refractivity contribution in [3.8, 4) is 0 Å². The summed E-state index contributed by atoms with van der Waals surface area (Å²) in [6, 6.07) is 0. The van der Waals surface area contributed by atoms with Crippen molar-refractivity contribution in [2.45, 2.75) is 67.5 Å². The van der Waals surface area contributed by atoms with E-state index in [0.717, 1.165) is 0 Å². The minimum Gasteiger partial charge on any atom is -0.394 e. The van der Waals surface area contributed by atoms with Gasteiger partial charge in [0.2, 0.25) is 0 Å². The van der Waals surface area contributed by atoms with E-state index in [2.05, 4.69) is 0 Å². The Morgan fingerprint density at radius 3 is 1.96 bits per heavy atom. The minimum absolute atomic E-state index is 0.533. The van der Waals surface area contributed by atoms with Crippen molar-refractivity contribution in [2.75, 3.05) is 13.2 Å². The zero-order valence-electron chi connectivity index (χ0n) is 13.0. The molecule has 0 spiro atoms. The van der Waals surface area contributed by atoms with E-state index in [-0.39, 0.29) is 0 Å². The third kappa shape index (κ3) is 4.27. The van der Waals surface area contributed by atoms with Crippen LogP contribution in [0.15, 0.2) is 0 Å². The molecule has 2 aliphatic rings. The average Bonchev–Trinajstić information content (AvgIpc) is 2.60. The molecule has 0 amide bonds. The van der Waals surface area contributed by atoms with Crippen LogP contribution < -0.4 is 0 Å². The van der Waals surface area contributed by atoms with E-state index >= 15 is 0 Å². The van der Waals surface area contributed by atoms with Gasteiger partial charge < -0.3 is 60.2 Å². The highest BCUT2D eigenvalue weighted by molar-refractivity contribution is 4.93. The molecule has 0 aromatic rings. The number of hydrogen-bond donors (Lipinski definition) is 9. The van der Waals surface area contributed by atoms with Gasteiger partial charge in [0, 0.05) is 0 Å². The molecule has 2 heterocycles. The van der Waals surface area contributed by atoms with E-state index in [1.54, 1.807) is 0 Å². The summed E-state index contributed by atoms with van der Waals surface area (Å²) in [6.45, 7) is -1.31. The fourth-order valence-corrected chi connectivity index (χ4v) is 2.69. The maximum Gasteiger partial charge on any atom is 0.186 e. The molecule has 12 heteroatoms. The van der Waals surface area contributed by atoms with Gasteiger partial charge in [0.1, 0.15) is 54.9 Å². The van der Waals surface area contributed by atoms with E-state index in [0.29, 0.717) is 0 Å². The van der Waals surface area contributed by atoms with Crippen molar-refractivity contribution < 1.29 is 60.2 Å². The first-order valence-electron chi connectivity index (χ1n) is 7.67. The van der Waals surface area contributed by atoms with Gasteiger partial charge in [-0.1, -0.05) is 0 Å². The molecule has 148 valence electrons. The van der Waals surface area contributed by atoms with Crippen molar-refractivity contribution in [3.63, 3.8) is 0 Å². The summed E-state index contributed by atoms with van der Waals surface area (Å²) in [6.07, 6.45) is -17.9. The molecule has 0 saturated carbocycles. The first-order valence-corrected chi connectivity index (χ1v) is 7.67. The van der Waals surface area contributed by atoms with Crippen molar-refractivity contribution in [2.24, 2.45) is 0 Å². The van der Waals surface area contributed by atoms with Crippen molar-refractivity contribution in [3.05, 3.63) is 0 Å². The lowest BCUT2D eigenvalue weighted by Crippen LogP contribution is -2.63. The van der Waals surface area contributed by atoms with Crippen molar-refractivity contribution in [1.82, 2.24) is 0 Å². The fourth-order valence-electron chi connectivity index (χ4n) is 2.69. The Bertz CT molecular complexity index is 424. The first kappa shape index (κ1) is 20.8. The maximum absolute atomic E-state index is 9.88. The second-order valence-corrected chi connectivity index (χ2v) is 6.06. The van der Waals surface area contributed by atoms with E-state index in [4.69, 9.17) is 19.3 Å². The fraction of sp³-hybridized carbons (Fsp3) is 1.00. The molecule has 0 aromatic carbocycles. The topological polar surface area (TPSA) is 210 Å². The number of aliphatic hydroxyl groups excluding tert-OH is 9. The van der Waals surface area contributed by atoms with Gasteiger partial charge in [-0.05, 0) is 0 Å². The second-order valence-electron chi connectivity index (χ2n) is 6.06. The highest BCUT2D eigenvalue weighted by atomic mass is 16.7. The molecule has 2 saturated heterocycles. The Hall–Kier alpha value is -0.480. The molecule has 2 aliphatic heterocycles. The predicted molar refractivity (Wildman–Crippen MR) is 74.6 cm³/mol. The molecule has 0 aliphatic carbocycles. The maximum atomic E-state index is 9.88. The Morgan fingerprint density at radius 1 is 0.760 bits per heavy atom. The molecule has 0 aromatic heterocycles. The Labute approximate surface area is 142 Å². The molecule has 0 radical (unpaired) electrons. The largest absolute Gasteiger partial charge is 0.394 e. The van der Waals surface area contributed by atoms with Crippen LogP contribution in [0.2, 0.25) is 0 Å². The van der Waals surface area contributed by atoms with Crippen molar-refractivity contribution >= 4 is 0 Å². The van der Waals surface area contributed by atoms with E-state index in [1.807, 2.05) is 0 Å². The molecule has 25 heavy (non-hydrogen) atoms. The van der Waals surface area contributed by atoms with Crippen LogP contribution in [-0.4, -0.2) is 127 Å². The third-order valence-corrected chi connectivity index (χ3v) is 4.28. The van der Waals surface area contributed by atoms with Gasteiger partial charge in [0.05, 0.1) is 13.2 Å². The molecule has 9 N–H and O–H groups in total. The lowest BCUT2D eigenvalue weighted by Gasteiger charge is -2.43. The highest BCUT2D eigenvalue weighted by Crippen LogP contribution is 2.26. The van der Waals surface area contributed by atoms with Gasteiger partial charge in [0.25, 0.3) is 0 Å². The van der Waals surface area contributed by atoms with Crippen LogP contribution >= 0.6 is 0 Å². The molecule has 12 nitrogen and oxygen atoms in total. The Balaban J connectivity index is 1.99. The Kier molecular flexibility index (Phi) is 7.06. The highest BCUT2D eigenvalue weighted by Gasteiger charge is 2.48. The average molecular weight is 372 g/mol. The molecular weight excluding hydrogens is 348 g/mol. The lowest BCUT2D eigenvalue weighted by atomic mass is 9.95. The van der Waals surface area contributed by atoms with Crippen molar-refractivity contribution in [1.29, 1.82) is 0 Å². The molecule has 2 fully saturated rings. The summed E-state index contributed by atoms with van der Waals surface area (Å²) in [4.78, 5) is 0. The minimum atomic E-state index is -1.78. The standard InChI is InChI=1S/C13H24O12/c14-1-3(15)11-8(19)7(18)10(21)13(25-11)23-2-4-5(16)6(17)9(20)12(22)24-4/h3-22H,1-2H2/t3-,4+,5+,6-,7-,8-,9+,10-,11+,12-,13-/m0/s1. The summed E-state index contributed by atoms with van der Waals surface area (Å²) in [7, 11) is 0. The van der Waals surface area contributed by atoms with Crippen LogP contribution in [0.1, 0.15) is 0 Å². The zero-order chi connectivity index (χ0) is 18.9. The van der Waals surface area contributed by atoms with E-state index < -0.39 is 80.7 Å². The number of ether oxygens (including phenoxy) is 3.